The van der Waals surface area contributed by atoms with E-state index in [4.69, 9.17) is 0 Å². The van der Waals surface area contributed by atoms with Crippen molar-refractivity contribution in [3.63, 3.8) is 0 Å². The summed E-state index contributed by atoms with van der Waals surface area (Å²) in [4.78, 5) is 28.7. The van der Waals surface area contributed by atoms with Crippen LogP contribution in [0.15, 0.2) is 11.6 Å². The van der Waals surface area contributed by atoms with Gasteiger partial charge in [0.25, 0.3) is 0 Å². The Morgan fingerprint density at radius 3 is 2.32 bits per heavy atom. The molecule has 5 nitrogen and oxygen atoms in total. The molecule has 0 saturated carbocycles. The third-order valence-electron chi connectivity index (χ3n) is 4.53. The molecule has 5 heteroatoms. The van der Waals surface area contributed by atoms with Gasteiger partial charge in [-0.2, -0.15) is 0 Å². The number of nitrogens with one attached hydrogen (secondary N) is 1. The molecule has 0 unspecified atom stereocenters. The Labute approximate surface area is 133 Å². The molecule has 1 fully saturated rings. The van der Waals surface area contributed by atoms with Gasteiger partial charge < -0.3 is 10.2 Å². The lowest BCUT2D eigenvalue weighted by Crippen LogP contribution is -2.55. The lowest BCUT2D eigenvalue weighted by molar-refractivity contribution is -0.131. The van der Waals surface area contributed by atoms with Crippen LogP contribution < -0.4 is 5.32 Å². The largest absolute Gasteiger partial charge is 0.353 e. The molecular formula is C17H29N3O2. The van der Waals surface area contributed by atoms with Crippen molar-refractivity contribution in [2.24, 2.45) is 0 Å². The van der Waals surface area contributed by atoms with Crippen LogP contribution in [-0.2, 0) is 9.59 Å². The van der Waals surface area contributed by atoms with Crippen LogP contribution in [0, 0.1) is 0 Å². The minimum Gasteiger partial charge on any atom is -0.353 e. The van der Waals surface area contributed by atoms with Gasteiger partial charge in [0.2, 0.25) is 11.8 Å². The maximum Gasteiger partial charge on any atom is 0.249 e. The molecule has 2 amide bonds. The highest BCUT2D eigenvalue weighted by Crippen LogP contribution is 2.20. The fraction of sp³-hybridized carbons (Fsp3) is 0.765. The third kappa shape index (κ3) is 4.32. The van der Waals surface area contributed by atoms with E-state index in [2.05, 4.69) is 16.3 Å². The molecular weight excluding hydrogens is 278 g/mol. The number of nitrogens with zero attached hydrogens (tertiary/aromatic N) is 2. The maximum absolute atomic E-state index is 12.5. The zero-order valence-electron chi connectivity index (χ0n) is 14.1. The van der Waals surface area contributed by atoms with Crippen molar-refractivity contribution < 1.29 is 9.59 Å². The zero-order valence-corrected chi connectivity index (χ0v) is 14.1. The average molecular weight is 307 g/mol. The first kappa shape index (κ1) is 17.0. The number of piperazine rings is 1. The van der Waals surface area contributed by atoms with Gasteiger partial charge in [0.05, 0.1) is 6.04 Å². The van der Waals surface area contributed by atoms with Crippen LogP contribution in [0.1, 0.15) is 46.5 Å². The normalized spacial score (nSPS) is 21.5. The van der Waals surface area contributed by atoms with Crippen LogP contribution in [0.25, 0.3) is 0 Å². The van der Waals surface area contributed by atoms with E-state index in [-0.39, 0.29) is 23.9 Å². The van der Waals surface area contributed by atoms with Crippen molar-refractivity contribution >= 4 is 11.8 Å². The zero-order chi connectivity index (χ0) is 16.1. The number of hydrogen-bond acceptors (Lipinski definition) is 3. The van der Waals surface area contributed by atoms with Crippen LogP contribution in [0.2, 0.25) is 0 Å². The van der Waals surface area contributed by atoms with E-state index >= 15 is 0 Å². The smallest absolute Gasteiger partial charge is 0.249 e. The van der Waals surface area contributed by atoms with Gasteiger partial charge in [0, 0.05) is 37.8 Å². The molecule has 0 spiro atoms. The van der Waals surface area contributed by atoms with E-state index in [0.29, 0.717) is 0 Å². The summed E-state index contributed by atoms with van der Waals surface area (Å²) in [5.41, 5.74) is 0.991. The lowest BCUT2D eigenvalue weighted by atomic mass is 9.98. The van der Waals surface area contributed by atoms with Crippen LogP contribution in [0.4, 0.5) is 0 Å². The summed E-state index contributed by atoms with van der Waals surface area (Å²) in [6.07, 6.45) is 6.40. The Morgan fingerprint density at radius 2 is 1.77 bits per heavy atom. The second kappa shape index (κ2) is 7.77. The predicted octanol–water partition coefficient (Wildman–Crippen LogP) is 1.54. The Balaban J connectivity index is 1.83. The molecule has 1 atom stereocenters. The molecule has 0 bridgehead atoms. The summed E-state index contributed by atoms with van der Waals surface area (Å²) in [7, 11) is 0. The topological polar surface area (TPSA) is 52.7 Å². The number of rotatable bonds is 4. The predicted molar refractivity (Wildman–Crippen MR) is 87.4 cm³/mol. The van der Waals surface area contributed by atoms with Gasteiger partial charge in [-0.25, -0.2) is 0 Å². The first-order chi connectivity index (χ1) is 10.5. The third-order valence-corrected chi connectivity index (χ3v) is 4.53. The molecule has 1 saturated heterocycles. The standard InChI is InChI=1S/C17H29N3O2/c1-13(2)18-16(21)14(3)19-9-11-20(12-10-19)17(22)15-7-5-4-6-8-15/h7,13-14H,4-6,8-12H2,1-3H3,(H,18,21)/t14-/m1/s1. The Hall–Kier alpha value is -1.36. The molecule has 0 aromatic heterocycles. The second-order valence-electron chi connectivity index (χ2n) is 6.64. The Bertz CT molecular complexity index is 437. The van der Waals surface area contributed by atoms with E-state index in [1.54, 1.807) is 0 Å². The van der Waals surface area contributed by atoms with E-state index in [9.17, 15) is 9.59 Å². The molecule has 124 valence electrons. The number of hydrogen-bond donors (Lipinski definition) is 1. The Kier molecular flexibility index (Phi) is 6.00. The summed E-state index contributed by atoms with van der Waals surface area (Å²) in [5, 5.41) is 2.96. The molecule has 1 heterocycles. The molecule has 1 aliphatic carbocycles. The summed E-state index contributed by atoms with van der Waals surface area (Å²) < 4.78 is 0. The summed E-state index contributed by atoms with van der Waals surface area (Å²) in [6.45, 7) is 8.86. The van der Waals surface area contributed by atoms with Crippen LogP contribution in [0.5, 0.6) is 0 Å². The van der Waals surface area contributed by atoms with Crippen LogP contribution >= 0.6 is 0 Å². The molecule has 2 rings (SSSR count). The van der Waals surface area contributed by atoms with Crippen molar-refractivity contribution in [3.8, 4) is 0 Å². The number of carbonyl (C=O) groups excluding carboxylic acids is 2. The van der Waals surface area contributed by atoms with Crippen molar-refractivity contribution in [1.82, 2.24) is 15.1 Å². The number of allylic oxidation sites excluding steroid dienone is 1. The van der Waals surface area contributed by atoms with Gasteiger partial charge in [-0.1, -0.05) is 6.08 Å². The van der Waals surface area contributed by atoms with E-state index < -0.39 is 0 Å². The minimum atomic E-state index is -0.131. The Morgan fingerprint density at radius 1 is 1.09 bits per heavy atom. The van der Waals surface area contributed by atoms with Gasteiger partial charge in [-0.05, 0) is 46.5 Å². The molecule has 0 aromatic carbocycles. The fourth-order valence-corrected chi connectivity index (χ4v) is 3.12. The van der Waals surface area contributed by atoms with E-state index in [1.165, 1.54) is 6.42 Å². The van der Waals surface area contributed by atoms with Gasteiger partial charge >= 0.3 is 0 Å². The van der Waals surface area contributed by atoms with Gasteiger partial charge in [0.15, 0.2) is 0 Å². The van der Waals surface area contributed by atoms with Crippen LogP contribution in [-0.4, -0.2) is 59.9 Å². The number of carbonyl (C=O) groups is 2. The second-order valence-corrected chi connectivity index (χ2v) is 6.64. The molecule has 0 aromatic rings. The van der Waals surface area contributed by atoms with Gasteiger partial charge in [0.1, 0.15) is 0 Å². The van der Waals surface area contributed by atoms with Crippen molar-refractivity contribution in [3.05, 3.63) is 11.6 Å². The van der Waals surface area contributed by atoms with Gasteiger partial charge in [-0.15, -0.1) is 0 Å². The van der Waals surface area contributed by atoms with E-state index in [0.717, 1.165) is 51.0 Å². The molecule has 22 heavy (non-hydrogen) atoms. The minimum absolute atomic E-state index is 0.0739. The van der Waals surface area contributed by atoms with Crippen molar-refractivity contribution in [1.29, 1.82) is 0 Å². The summed E-state index contributed by atoms with van der Waals surface area (Å²) in [5.74, 6) is 0.281. The molecule has 2 aliphatic rings. The van der Waals surface area contributed by atoms with Crippen LogP contribution in [0.3, 0.4) is 0 Å². The highest BCUT2D eigenvalue weighted by Gasteiger charge is 2.28. The summed E-state index contributed by atoms with van der Waals surface area (Å²) >= 11 is 0. The maximum atomic E-state index is 12.5. The van der Waals surface area contributed by atoms with Crippen molar-refractivity contribution in [2.45, 2.75) is 58.5 Å². The monoisotopic (exact) mass is 307 g/mol. The number of amides is 2. The quantitative estimate of drug-likeness (QED) is 0.857. The SMILES string of the molecule is CC(C)NC(=O)[C@@H](C)N1CCN(C(=O)C2=CCCCC2)CC1. The first-order valence-electron chi connectivity index (χ1n) is 8.51. The molecule has 1 N–H and O–H groups in total. The van der Waals surface area contributed by atoms with E-state index in [1.807, 2.05) is 25.7 Å². The highest BCUT2D eigenvalue weighted by atomic mass is 16.2. The average Bonchev–Trinajstić information content (AvgIpc) is 2.54. The van der Waals surface area contributed by atoms with Gasteiger partial charge in [-0.3, -0.25) is 14.5 Å². The molecule has 0 radical (unpaired) electrons. The fourth-order valence-electron chi connectivity index (χ4n) is 3.12. The highest BCUT2D eigenvalue weighted by molar-refractivity contribution is 5.93. The molecule has 1 aliphatic heterocycles. The summed E-state index contributed by atoms with van der Waals surface area (Å²) in [6, 6.07) is 0.0320. The lowest BCUT2D eigenvalue weighted by Gasteiger charge is -2.38. The van der Waals surface area contributed by atoms with Crippen molar-refractivity contribution in [2.75, 3.05) is 26.2 Å². The first-order valence-corrected chi connectivity index (χ1v) is 8.51.